The Morgan fingerprint density at radius 3 is 2.71 bits per heavy atom. The van der Waals surface area contributed by atoms with Gasteiger partial charge in [0, 0.05) is 9.90 Å². The maximum absolute atomic E-state index is 11.4. The van der Waals surface area contributed by atoms with Crippen molar-refractivity contribution in [3.05, 3.63) is 67.9 Å². The number of aromatic nitrogens is 2. The van der Waals surface area contributed by atoms with Crippen molar-refractivity contribution in [3.8, 4) is 10.4 Å². The minimum Gasteiger partial charge on any atom is -0.275 e. The lowest BCUT2D eigenvalue weighted by molar-refractivity contribution is 0.987. The molecule has 0 saturated carbocycles. The molecule has 3 aromatic rings. The molecule has 0 atom stereocenters. The van der Waals surface area contributed by atoms with E-state index in [2.05, 4.69) is 20.7 Å². The summed E-state index contributed by atoms with van der Waals surface area (Å²) in [6, 6.07) is 11.7. The fourth-order valence-electron chi connectivity index (χ4n) is 1.96. The van der Waals surface area contributed by atoms with Crippen LogP contribution in [0.1, 0.15) is 11.8 Å². The molecule has 0 radical (unpaired) electrons. The summed E-state index contributed by atoms with van der Waals surface area (Å²) in [5.74, 6) is 0. The normalized spacial score (nSPS) is 11.5. The fraction of sp³-hybridized carbons (Fsp3) is 0.0625. The Morgan fingerprint density at radius 1 is 1.21 bits per heavy atom. The summed E-state index contributed by atoms with van der Waals surface area (Å²) in [6.07, 6.45) is 1.41. The predicted molar refractivity (Wildman–Crippen MR) is 100 cm³/mol. The quantitative estimate of drug-likeness (QED) is 0.513. The monoisotopic (exact) mass is 378 g/mol. The Bertz CT molecular complexity index is 947. The zero-order valence-corrected chi connectivity index (χ0v) is 14.8. The number of aromatic amines is 1. The molecule has 3 rings (SSSR count). The molecule has 0 fully saturated rings. The van der Waals surface area contributed by atoms with Crippen molar-refractivity contribution in [2.24, 2.45) is 5.10 Å². The zero-order valence-electron chi connectivity index (χ0n) is 12.5. The smallest absolute Gasteiger partial charge is 0.275 e. The Morgan fingerprint density at radius 2 is 1.96 bits per heavy atom. The highest BCUT2D eigenvalue weighted by atomic mass is 35.5. The second-order valence-electron chi connectivity index (χ2n) is 4.91. The first-order valence-corrected chi connectivity index (χ1v) is 8.51. The second kappa shape index (κ2) is 7.17. The number of thiophene rings is 1. The van der Waals surface area contributed by atoms with Crippen LogP contribution in [0.25, 0.3) is 10.4 Å². The lowest BCUT2D eigenvalue weighted by Crippen LogP contribution is -2.10. The van der Waals surface area contributed by atoms with E-state index in [0.717, 1.165) is 21.0 Å². The van der Waals surface area contributed by atoms with E-state index in [4.69, 9.17) is 23.2 Å². The average molecular weight is 379 g/mol. The lowest BCUT2D eigenvalue weighted by Gasteiger charge is -2.02. The van der Waals surface area contributed by atoms with Crippen LogP contribution in [0.2, 0.25) is 10.0 Å². The number of hydrazone groups is 1. The summed E-state index contributed by atoms with van der Waals surface area (Å²) in [5.41, 5.74) is 4.53. The Labute approximate surface area is 152 Å². The summed E-state index contributed by atoms with van der Waals surface area (Å²) in [4.78, 5) is 13.5. The Hall–Kier alpha value is -2.15. The standard InChI is InChI=1S/C16H12Cl2N4OS/c1-9(20-21-12-8-19-22-16(23)15(12)18)13-6-7-14(24-13)10-2-4-11(17)5-3-10/h2-8H,1H3,(H2,21,22,23)/b20-9-. The van der Waals surface area contributed by atoms with Crippen LogP contribution in [0, 0.1) is 0 Å². The summed E-state index contributed by atoms with van der Waals surface area (Å²) in [5, 5.41) is 10.9. The van der Waals surface area contributed by atoms with Gasteiger partial charge >= 0.3 is 0 Å². The molecule has 0 amide bonds. The van der Waals surface area contributed by atoms with E-state index < -0.39 is 5.56 Å². The van der Waals surface area contributed by atoms with Crippen LogP contribution in [0.3, 0.4) is 0 Å². The largest absolute Gasteiger partial charge is 0.285 e. The van der Waals surface area contributed by atoms with Crippen LogP contribution in [0.5, 0.6) is 0 Å². The van der Waals surface area contributed by atoms with Crippen LogP contribution < -0.4 is 11.0 Å². The van der Waals surface area contributed by atoms with E-state index in [-0.39, 0.29) is 5.02 Å². The van der Waals surface area contributed by atoms with Crippen molar-refractivity contribution in [1.82, 2.24) is 10.2 Å². The van der Waals surface area contributed by atoms with Gasteiger partial charge in [-0.15, -0.1) is 11.3 Å². The molecule has 24 heavy (non-hydrogen) atoms. The van der Waals surface area contributed by atoms with Crippen molar-refractivity contribution >= 4 is 45.9 Å². The first-order valence-electron chi connectivity index (χ1n) is 6.94. The number of hydrogen-bond acceptors (Lipinski definition) is 5. The molecule has 0 aliphatic carbocycles. The van der Waals surface area contributed by atoms with Gasteiger partial charge in [-0.05, 0) is 36.8 Å². The molecule has 122 valence electrons. The minimum atomic E-state index is -0.462. The topological polar surface area (TPSA) is 70.1 Å². The number of benzene rings is 1. The molecule has 1 aromatic carbocycles. The van der Waals surface area contributed by atoms with Gasteiger partial charge in [0.2, 0.25) is 0 Å². The van der Waals surface area contributed by atoms with E-state index in [1.807, 2.05) is 43.3 Å². The summed E-state index contributed by atoms with van der Waals surface area (Å²) >= 11 is 13.4. The third kappa shape index (κ3) is 3.67. The molecule has 0 aliphatic heterocycles. The van der Waals surface area contributed by atoms with Crippen LogP contribution >= 0.6 is 34.5 Å². The van der Waals surface area contributed by atoms with Gasteiger partial charge in [0.15, 0.2) is 0 Å². The lowest BCUT2D eigenvalue weighted by atomic mass is 10.2. The fourth-order valence-corrected chi connectivity index (χ4v) is 3.18. The van der Waals surface area contributed by atoms with Gasteiger partial charge in [0.1, 0.15) is 10.7 Å². The zero-order chi connectivity index (χ0) is 17.1. The predicted octanol–water partition coefficient (Wildman–Crippen LogP) is 4.64. The van der Waals surface area contributed by atoms with Crippen LogP contribution in [-0.4, -0.2) is 15.9 Å². The molecule has 0 aliphatic rings. The molecule has 0 saturated heterocycles. The number of halogens is 2. The maximum atomic E-state index is 11.4. The number of hydrogen-bond donors (Lipinski definition) is 2. The first kappa shape index (κ1) is 16.7. The van der Waals surface area contributed by atoms with Crippen LogP contribution in [0.15, 0.2) is 52.5 Å². The molecular formula is C16H12Cl2N4OS. The number of nitrogens with zero attached hydrogens (tertiary/aromatic N) is 2. The first-order chi connectivity index (χ1) is 11.5. The van der Waals surface area contributed by atoms with Crippen LogP contribution in [-0.2, 0) is 0 Å². The van der Waals surface area contributed by atoms with Crippen LogP contribution in [0.4, 0.5) is 5.69 Å². The van der Waals surface area contributed by atoms with Gasteiger partial charge in [-0.1, -0.05) is 35.3 Å². The van der Waals surface area contributed by atoms with Crippen molar-refractivity contribution in [2.75, 3.05) is 5.43 Å². The van der Waals surface area contributed by atoms with Crippen molar-refractivity contribution in [1.29, 1.82) is 0 Å². The molecule has 2 aromatic heterocycles. The number of H-pyrrole nitrogens is 1. The number of rotatable bonds is 4. The molecule has 0 spiro atoms. The molecule has 0 unspecified atom stereocenters. The number of nitrogens with one attached hydrogen (secondary N) is 2. The van der Waals surface area contributed by atoms with Gasteiger partial charge in [-0.2, -0.15) is 10.2 Å². The molecule has 2 heterocycles. The molecular weight excluding hydrogens is 367 g/mol. The molecule has 8 heteroatoms. The minimum absolute atomic E-state index is 0.0228. The highest BCUT2D eigenvalue weighted by Crippen LogP contribution is 2.29. The summed E-state index contributed by atoms with van der Waals surface area (Å²) in [7, 11) is 0. The average Bonchev–Trinajstić information content (AvgIpc) is 3.07. The number of anilines is 1. The SMILES string of the molecule is C/C(=N/Nc1cn[nH]c(=O)c1Cl)c1ccc(-c2ccc(Cl)cc2)s1. The second-order valence-corrected chi connectivity index (χ2v) is 6.80. The highest BCUT2D eigenvalue weighted by molar-refractivity contribution is 7.17. The molecule has 0 bridgehead atoms. The van der Waals surface area contributed by atoms with Crippen molar-refractivity contribution in [3.63, 3.8) is 0 Å². The third-order valence-electron chi connectivity index (χ3n) is 3.23. The maximum Gasteiger partial charge on any atom is 0.285 e. The van der Waals surface area contributed by atoms with E-state index >= 15 is 0 Å². The third-order valence-corrected chi connectivity index (χ3v) is 5.10. The van der Waals surface area contributed by atoms with Gasteiger partial charge in [-0.3, -0.25) is 10.2 Å². The van der Waals surface area contributed by atoms with Crippen molar-refractivity contribution < 1.29 is 0 Å². The van der Waals surface area contributed by atoms with Gasteiger partial charge in [0.05, 0.1) is 16.8 Å². The summed E-state index contributed by atoms with van der Waals surface area (Å²) in [6.45, 7) is 1.87. The molecule has 2 N–H and O–H groups in total. The van der Waals surface area contributed by atoms with Gasteiger partial charge in [-0.25, -0.2) is 5.10 Å². The molecule has 5 nitrogen and oxygen atoms in total. The van der Waals surface area contributed by atoms with E-state index in [1.165, 1.54) is 6.20 Å². The van der Waals surface area contributed by atoms with E-state index in [1.54, 1.807) is 11.3 Å². The van der Waals surface area contributed by atoms with Gasteiger partial charge < -0.3 is 0 Å². The van der Waals surface area contributed by atoms with E-state index in [0.29, 0.717) is 10.7 Å². The Kier molecular flexibility index (Phi) is 4.99. The summed E-state index contributed by atoms with van der Waals surface area (Å²) < 4.78 is 0. The van der Waals surface area contributed by atoms with E-state index in [9.17, 15) is 4.79 Å². The van der Waals surface area contributed by atoms with Gasteiger partial charge in [0.25, 0.3) is 5.56 Å². The van der Waals surface area contributed by atoms with Crippen molar-refractivity contribution in [2.45, 2.75) is 6.92 Å². The highest BCUT2D eigenvalue weighted by Gasteiger charge is 2.07. The Balaban J connectivity index is 1.80.